The molecule has 0 spiro atoms. The zero-order chi connectivity index (χ0) is 20.3. The molecule has 10 heteroatoms. The summed E-state index contributed by atoms with van der Waals surface area (Å²) in [5, 5.41) is 33.3. The first-order chi connectivity index (χ1) is 13.3. The minimum Gasteiger partial charge on any atom is -0.868 e. The summed E-state index contributed by atoms with van der Waals surface area (Å²) < 4.78 is 7.37. The molecule has 0 unspecified atom stereocenters. The topological polar surface area (TPSA) is 121 Å². The van der Waals surface area contributed by atoms with Gasteiger partial charge in [0.15, 0.2) is 5.82 Å². The fourth-order valence-electron chi connectivity index (χ4n) is 2.58. The van der Waals surface area contributed by atoms with Crippen LogP contribution in [0.15, 0.2) is 41.5 Å². The van der Waals surface area contributed by atoms with Gasteiger partial charge in [0.2, 0.25) is 4.77 Å². The molecule has 0 bridgehead atoms. The minimum absolute atomic E-state index is 0.118. The molecule has 9 nitrogen and oxygen atoms in total. The predicted octanol–water partition coefficient (Wildman–Crippen LogP) is 3.00. The number of rotatable bonds is 6. The van der Waals surface area contributed by atoms with Crippen molar-refractivity contribution in [2.45, 2.75) is 20.5 Å². The summed E-state index contributed by atoms with van der Waals surface area (Å²) in [5.74, 6) is 0.462. The first-order valence-electron chi connectivity index (χ1n) is 8.20. The van der Waals surface area contributed by atoms with Crippen LogP contribution in [0, 0.1) is 28.7 Å². The lowest BCUT2D eigenvalue weighted by Gasteiger charge is -2.08. The number of nitro benzene ring substituents is 1. The Bertz CT molecular complexity index is 1100. The quantitative estimate of drug-likeness (QED) is 0.295. The van der Waals surface area contributed by atoms with E-state index in [1.807, 2.05) is 32.0 Å². The van der Waals surface area contributed by atoms with Crippen LogP contribution in [0.2, 0.25) is 0 Å². The van der Waals surface area contributed by atoms with Crippen molar-refractivity contribution in [3.8, 4) is 11.5 Å². The van der Waals surface area contributed by atoms with Crippen LogP contribution in [0.25, 0.3) is 0 Å². The fraction of sp³-hybridized carbons (Fsp3) is 0.167. The Kier molecular flexibility index (Phi) is 5.50. The lowest BCUT2D eigenvalue weighted by atomic mass is 10.1. The molecule has 1 N–H and O–H groups in total. The standard InChI is InChI=1S/C18H17N5O4S/c1-11-5-12(2)7-14(6-11)27-10-17-20-21-18(28)22(17)19-9-13-3-4-16(24)15(8-13)23(25)26/h3-9,24H,10H2,1-2H3,(H,21,28)/p-1/b19-9-. The van der Waals surface area contributed by atoms with Gasteiger partial charge < -0.3 is 9.84 Å². The Hall–Kier alpha value is -3.53. The second-order valence-electron chi connectivity index (χ2n) is 6.10. The average molecular weight is 398 g/mol. The molecule has 0 aliphatic heterocycles. The predicted molar refractivity (Wildman–Crippen MR) is 103 cm³/mol. The molecular weight excluding hydrogens is 382 g/mol. The van der Waals surface area contributed by atoms with Crippen LogP contribution in [0.1, 0.15) is 22.5 Å². The van der Waals surface area contributed by atoms with Gasteiger partial charge in [0.1, 0.15) is 12.4 Å². The smallest absolute Gasteiger partial charge is 0.262 e. The molecule has 0 aliphatic rings. The van der Waals surface area contributed by atoms with E-state index in [4.69, 9.17) is 17.0 Å². The fourth-order valence-corrected chi connectivity index (χ4v) is 2.78. The van der Waals surface area contributed by atoms with Crippen LogP contribution in [0.5, 0.6) is 11.5 Å². The number of aryl methyl sites for hydroxylation is 2. The summed E-state index contributed by atoms with van der Waals surface area (Å²) in [4.78, 5) is 10.2. The molecule has 3 rings (SSSR count). The van der Waals surface area contributed by atoms with E-state index in [1.54, 1.807) is 0 Å². The Labute approximate surface area is 165 Å². The molecule has 0 atom stereocenters. The number of hydrogen-bond acceptors (Lipinski definition) is 7. The summed E-state index contributed by atoms with van der Waals surface area (Å²) in [6, 6.07) is 9.57. The van der Waals surface area contributed by atoms with Crippen LogP contribution >= 0.6 is 12.2 Å². The van der Waals surface area contributed by atoms with Gasteiger partial charge in [0.05, 0.1) is 11.1 Å². The molecule has 0 amide bonds. The van der Waals surface area contributed by atoms with Crippen LogP contribution in [-0.4, -0.2) is 26.0 Å². The molecule has 0 fully saturated rings. The lowest BCUT2D eigenvalue weighted by Crippen LogP contribution is -2.05. The normalized spacial score (nSPS) is 11.1. The zero-order valence-electron chi connectivity index (χ0n) is 15.1. The molecule has 144 valence electrons. The highest BCUT2D eigenvalue weighted by Gasteiger charge is 2.09. The summed E-state index contributed by atoms with van der Waals surface area (Å²) in [6.45, 7) is 4.08. The number of nitro groups is 1. The van der Waals surface area contributed by atoms with Crippen molar-refractivity contribution in [2.75, 3.05) is 0 Å². The van der Waals surface area contributed by atoms with Gasteiger partial charge in [0, 0.05) is 11.6 Å². The summed E-state index contributed by atoms with van der Waals surface area (Å²) in [6.07, 6.45) is 1.36. The van der Waals surface area contributed by atoms with Crippen molar-refractivity contribution in [3.05, 3.63) is 73.8 Å². The SMILES string of the molecule is Cc1cc(C)cc(OCc2n[nH]c(=S)n2/N=C\c2ccc([O-])c([N+](=O)[O-])c2)c1. The average Bonchev–Trinajstić information content (AvgIpc) is 2.98. The molecule has 0 saturated carbocycles. The van der Waals surface area contributed by atoms with E-state index in [0.717, 1.165) is 23.3 Å². The van der Waals surface area contributed by atoms with E-state index in [-0.39, 0.29) is 11.4 Å². The van der Waals surface area contributed by atoms with E-state index >= 15 is 0 Å². The summed E-state index contributed by atoms with van der Waals surface area (Å²) in [5.41, 5.74) is 2.03. The number of nitrogens with zero attached hydrogens (tertiary/aromatic N) is 4. The number of aromatic amines is 1. The maximum absolute atomic E-state index is 11.5. The summed E-state index contributed by atoms with van der Waals surface area (Å²) in [7, 11) is 0. The van der Waals surface area contributed by atoms with Gasteiger partial charge in [-0.05, 0) is 55.1 Å². The van der Waals surface area contributed by atoms with Gasteiger partial charge >= 0.3 is 0 Å². The molecule has 0 aliphatic carbocycles. The van der Waals surface area contributed by atoms with Crippen LogP contribution < -0.4 is 9.84 Å². The second-order valence-corrected chi connectivity index (χ2v) is 6.48. The van der Waals surface area contributed by atoms with Crippen molar-refractivity contribution in [1.82, 2.24) is 14.9 Å². The molecule has 2 aromatic carbocycles. The van der Waals surface area contributed by atoms with Crippen molar-refractivity contribution >= 4 is 24.1 Å². The molecule has 28 heavy (non-hydrogen) atoms. The van der Waals surface area contributed by atoms with E-state index in [0.29, 0.717) is 17.1 Å². The molecule has 1 heterocycles. The van der Waals surface area contributed by atoms with E-state index in [9.17, 15) is 15.2 Å². The molecule has 3 aromatic rings. The Morgan fingerprint density at radius 2 is 2.00 bits per heavy atom. The van der Waals surface area contributed by atoms with Crippen molar-refractivity contribution in [1.29, 1.82) is 0 Å². The third-order valence-corrected chi connectivity index (χ3v) is 4.05. The van der Waals surface area contributed by atoms with Gasteiger partial charge in [-0.15, -0.1) is 0 Å². The van der Waals surface area contributed by atoms with Gasteiger partial charge in [-0.1, -0.05) is 18.2 Å². The highest BCUT2D eigenvalue weighted by molar-refractivity contribution is 7.71. The molecule has 0 saturated heterocycles. The van der Waals surface area contributed by atoms with Crippen molar-refractivity contribution in [3.63, 3.8) is 0 Å². The lowest BCUT2D eigenvalue weighted by molar-refractivity contribution is -0.398. The Morgan fingerprint density at radius 1 is 1.29 bits per heavy atom. The minimum atomic E-state index is -0.730. The number of aromatic nitrogens is 3. The van der Waals surface area contributed by atoms with Gasteiger partial charge in [-0.25, -0.2) is 5.10 Å². The summed E-state index contributed by atoms with van der Waals surface area (Å²) >= 11 is 5.17. The van der Waals surface area contributed by atoms with E-state index in [2.05, 4.69) is 15.3 Å². The first kappa shape index (κ1) is 19.2. The second kappa shape index (κ2) is 8.01. The molecular formula is C18H16N5O4S-. The van der Waals surface area contributed by atoms with Crippen LogP contribution in [-0.2, 0) is 6.61 Å². The number of H-pyrrole nitrogens is 1. The molecule has 1 aromatic heterocycles. The monoisotopic (exact) mass is 398 g/mol. The highest BCUT2D eigenvalue weighted by atomic mass is 32.1. The van der Waals surface area contributed by atoms with Gasteiger partial charge in [0.25, 0.3) is 5.69 Å². The number of ether oxygens (including phenoxy) is 1. The Balaban J connectivity index is 1.81. The first-order valence-corrected chi connectivity index (χ1v) is 8.61. The molecule has 0 radical (unpaired) electrons. The third-order valence-electron chi connectivity index (χ3n) is 3.78. The maximum atomic E-state index is 11.5. The number of hydrogen-bond donors (Lipinski definition) is 1. The van der Waals surface area contributed by atoms with Gasteiger partial charge in [-0.2, -0.15) is 14.9 Å². The zero-order valence-corrected chi connectivity index (χ0v) is 15.9. The number of benzene rings is 2. The number of nitrogens with one attached hydrogen (secondary N) is 1. The van der Waals surface area contributed by atoms with Crippen molar-refractivity contribution < 1.29 is 14.8 Å². The Morgan fingerprint density at radius 3 is 2.68 bits per heavy atom. The van der Waals surface area contributed by atoms with Crippen molar-refractivity contribution in [2.24, 2.45) is 5.10 Å². The van der Waals surface area contributed by atoms with Crippen LogP contribution in [0.3, 0.4) is 0 Å². The largest absolute Gasteiger partial charge is 0.868 e. The maximum Gasteiger partial charge on any atom is 0.262 e. The van der Waals surface area contributed by atoms with E-state index < -0.39 is 16.4 Å². The van der Waals surface area contributed by atoms with E-state index in [1.165, 1.54) is 17.0 Å². The van der Waals surface area contributed by atoms with Gasteiger partial charge in [-0.3, -0.25) is 10.1 Å². The third kappa shape index (κ3) is 4.41. The highest BCUT2D eigenvalue weighted by Crippen LogP contribution is 2.23. The van der Waals surface area contributed by atoms with Crippen LogP contribution in [0.4, 0.5) is 5.69 Å².